The zero-order valence-corrected chi connectivity index (χ0v) is 19.0. The second-order valence-electron chi connectivity index (χ2n) is 7.57. The number of anilines is 1. The van der Waals surface area contributed by atoms with E-state index in [0.717, 1.165) is 22.1 Å². The first-order chi connectivity index (χ1) is 14.9. The monoisotopic (exact) mass is 445 g/mol. The van der Waals surface area contributed by atoms with Gasteiger partial charge in [0.1, 0.15) is 5.82 Å². The molecule has 0 unspecified atom stereocenters. The fraction of sp³-hybridized carbons (Fsp3) is 0.455. The van der Waals surface area contributed by atoms with Gasteiger partial charge in [0.2, 0.25) is 11.8 Å². The van der Waals surface area contributed by atoms with Crippen LogP contribution in [0, 0.1) is 19.7 Å². The fourth-order valence-electron chi connectivity index (χ4n) is 3.64. The number of halogens is 1. The predicted octanol–water partition coefficient (Wildman–Crippen LogP) is 2.67. The molecule has 0 aliphatic carbocycles. The van der Waals surface area contributed by atoms with Crippen LogP contribution in [0.4, 0.5) is 10.1 Å². The standard InChI is InChI=1S/C22H28FN5O2S/c1-15-19(16(2)25-22(24-15)31-3)8-9-21(30)28-12-10-27(11-13-28)14-20(29)26-18-6-4-17(23)5-7-18/h4-7H,8-14H2,1-3H3,(H,26,29). The molecule has 1 aromatic carbocycles. The van der Waals surface area contributed by atoms with Crippen LogP contribution in [0.3, 0.4) is 0 Å². The quantitative estimate of drug-likeness (QED) is 0.522. The van der Waals surface area contributed by atoms with Crippen LogP contribution in [0.25, 0.3) is 0 Å². The summed E-state index contributed by atoms with van der Waals surface area (Å²) in [5, 5.41) is 3.52. The number of hydrogen-bond donors (Lipinski definition) is 1. The summed E-state index contributed by atoms with van der Waals surface area (Å²) in [5.41, 5.74) is 3.48. The average Bonchev–Trinajstić information content (AvgIpc) is 2.75. The van der Waals surface area contributed by atoms with Crippen molar-refractivity contribution in [2.45, 2.75) is 31.8 Å². The molecule has 2 heterocycles. The Kier molecular flexibility index (Phi) is 7.97. The SMILES string of the molecule is CSc1nc(C)c(CCC(=O)N2CCN(CC(=O)Nc3ccc(F)cc3)CC2)c(C)n1. The van der Waals surface area contributed by atoms with Crippen molar-refractivity contribution in [1.29, 1.82) is 0 Å². The van der Waals surface area contributed by atoms with Crippen molar-refractivity contribution in [3.05, 3.63) is 47.0 Å². The molecule has 1 N–H and O–H groups in total. The van der Waals surface area contributed by atoms with Crippen LogP contribution in [0.15, 0.2) is 29.4 Å². The molecule has 0 radical (unpaired) electrons. The van der Waals surface area contributed by atoms with Gasteiger partial charge in [0.05, 0.1) is 6.54 Å². The zero-order chi connectivity index (χ0) is 22.4. The highest BCUT2D eigenvalue weighted by Crippen LogP contribution is 2.18. The van der Waals surface area contributed by atoms with Crippen LogP contribution in [0.2, 0.25) is 0 Å². The van der Waals surface area contributed by atoms with Crippen LogP contribution in [0.5, 0.6) is 0 Å². The maximum Gasteiger partial charge on any atom is 0.238 e. The van der Waals surface area contributed by atoms with Gasteiger partial charge in [0, 0.05) is 49.7 Å². The summed E-state index contributed by atoms with van der Waals surface area (Å²) in [7, 11) is 0. The van der Waals surface area contributed by atoms with E-state index in [4.69, 9.17) is 0 Å². The minimum atomic E-state index is -0.339. The Labute approximate surface area is 186 Å². The van der Waals surface area contributed by atoms with Gasteiger partial charge in [0.25, 0.3) is 0 Å². The summed E-state index contributed by atoms with van der Waals surface area (Å²) in [6, 6.07) is 5.69. The molecule has 1 saturated heterocycles. The fourth-order valence-corrected chi connectivity index (χ4v) is 4.10. The third kappa shape index (κ3) is 6.48. The Morgan fingerprint density at radius 3 is 2.26 bits per heavy atom. The van der Waals surface area contributed by atoms with Gasteiger partial charge in [-0.25, -0.2) is 14.4 Å². The lowest BCUT2D eigenvalue weighted by Gasteiger charge is -2.34. The van der Waals surface area contributed by atoms with E-state index >= 15 is 0 Å². The van der Waals surface area contributed by atoms with E-state index in [-0.39, 0.29) is 24.2 Å². The number of hydrogen-bond acceptors (Lipinski definition) is 6. The van der Waals surface area contributed by atoms with Crippen LogP contribution in [-0.4, -0.2) is 70.6 Å². The van der Waals surface area contributed by atoms with Gasteiger partial charge in [-0.3, -0.25) is 14.5 Å². The molecule has 31 heavy (non-hydrogen) atoms. The Morgan fingerprint density at radius 1 is 1.06 bits per heavy atom. The number of rotatable bonds is 7. The molecule has 1 fully saturated rings. The highest BCUT2D eigenvalue weighted by molar-refractivity contribution is 7.98. The molecular weight excluding hydrogens is 417 g/mol. The van der Waals surface area contributed by atoms with Crippen LogP contribution >= 0.6 is 11.8 Å². The zero-order valence-electron chi connectivity index (χ0n) is 18.2. The molecular formula is C22H28FN5O2S. The maximum absolute atomic E-state index is 13.0. The molecule has 166 valence electrons. The van der Waals surface area contributed by atoms with Crippen molar-refractivity contribution in [2.24, 2.45) is 0 Å². The number of piperazine rings is 1. The number of carbonyl (C=O) groups is 2. The van der Waals surface area contributed by atoms with Gasteiger partial charge in [-0.15, -0.1) is 0 Å². The molecule has 3 rings (SSSR count). The van der Waals surface area contributed by atoms with Crippen molar-refractivity contribution >= 4 is 29.3 Å². The van der Waals surface area contributed by atoms with Gasteiger partial charge in [0.15, 0.2) is 5.16 Å². The van der Waals surface area contributed by atoms with Crippen molar-refractivity contribution < 1.29 is 14.0 Å². The van der Waals surface area contributed by atoms with Crippen molar-refractivity contribution in [1.82, 2.24) is 19.8 Å². The summed E-state index contributed by atoms with van der Waals surface area (Å²) < 4.78 is 13.0. The highest BCUT2D eigenvalue weighted by atomic mass is 32.2. The lowest BCUT2D eigenvalue weighted by Crippen LogP contribution is -2.50. The van der Waals surface area contributed by atoms with Crippen molar-refractivity contribution in [3.63, 3.8) is 0 Å². The van der Waals surface area contributed by atoms with Crippen LogP contribution in [0.1, 0.15) is 23.4 Å². The summed E-state index contributed by atoms with van der Waals surface area (Å²) >= 11 is 1.51. The van der Waals surface area contributed by atoms with E-state index in [9.17, 15) is 14.0 Å². The van der Waals surface area contributed by atoms with Gasteiger partial charge in [-0.05, 0) is 56.4 Å². The lowest BCUT2D eigenvalue weighted by atomic mass is 10.1. The number of aromatic nitrogens is 2. The van der Waals surface area contributed by atoms with E-state index in [2.05, 4.69) is 15.3 Å². The van der Waals surface area contributed by atoms with Crippen molar-refractivity contribution in [3.8, 4) is 0 Å². The number of thioether (sulfide) groups is 1. The highest BCUT2D eigenvalue weighted by Gasteiger charge is 2.23. The van der Waals surface area contributed by atoms with E-state index in [1.54, 1.807) is 0 Å². The largest absolute Gasteiger partial charge is 0.340 e. The molecule has 1 aromatic heterocycles. The normalized spacial score (nSPS) is 14.5. The first-order valence-corrected chi connectivity index (χ1v) is 11.5. The van der Waals surface area contributed by atoms with Crippen LogP contribution in [-0.2, 0) is 16.0 Å². The Morgan fingerprint density at radius 2 is 1.68 bits per heavy atom. The molecule has 1 aliphatic rings. The molecule has 7 nitrogen and oxygen atoms in total. The number of carbonyl (C=O) groups excluding carboxylic acids is 2. The van der Waals surface area contributed by atoms with Gasteiger partial charge in [-0.1, -0.05) is 11.8 Å². The molecule has 9 heteroatoms. The number of nitrogens with zero attached hydrogens (tertiary/aromatic N) is 4. The molecule has 0 bridgehead atoms. The third-order valence-corrected chi connectivity index (χ3v) is 5.94. The number of benzene rings is 1. The third-order valence-electron chi connectivity index (χ3n) is 5.39. The Hall–Kier alpha value is -2.52. The molecule has 0 spiro atoms. The molecule has 0 atom stereocenters. The average molecular weight is 446 g/mol. The van der Waals surface area contributed by atoms with Crippen LogP contribution < -0.4 is 5.32 Å². The minimum absolute atomic E-state index is 0.114. The molecule has 2 amide bonds. The number of aryl methyl sites for hydroxylation is 2. The molecule has 1 aliphatic heterocycles. The molecule has 2 aromatic rings. The topological polar surface area (TPSA) is 78.4 Å². The predicted molar refractivity (Wildman–Crippen MR) is 120 cm³/mol. The summed E-state index contributed by atoms with van der Waals surface area (Å²) in [4.78, 5) is 37.7. The lowest BCUT2D eigenvalue weighted by molar-refractivity contribution is -0.133. The number of nitrogens with one attached hydrogen (secondary N) is 1. The summed E-state index contributed by atoms with van der Waals surface area (Å²) in [6.07, 6.45) is 3.00. The maximum atomic E-state index is 13.0. The van der Waals surface area contributed by atoms with E-state index in [1.807, 2.05) is 29.9 Å². The Bertz CT molecular complexity index is 907. The second-order valence-corrected chi connectivity index (χ2v) is 8.35. The second kappa shape index (κ2) is 10.7. The smallest absolute Gasteiger partial charge is 0.238 e. The van der Waals surface area contributed by atoms with Gasteiger partial charge in [-0.2, -0.15) is 0 Å². The van der Waals surface area contributed by atoms with Crippen molar-refractivity contribution in [2.75, 3.05) is 44.3 Å². The van der Waals surface area contributed by atoms with E-state index in [1.165, 1.54) is 36.0 Å². The first-order valence-electron chi connectivity index (χ1n) is 10.3. The first kappa shape index (κ1) is 23.1. The minimum Gasteiger partial charge on any atom is -0.340 e. The summed E-state index contributed by atoms with van der Waals surface area (Å²) in [6.45, 7) is 6.66. The summed E-state index contributed by atoms with van der Waals surface area (Å²) in [5.74, 6) is -0.372. The van der Waals surface area contributed by atoms with E-state index < -0.39 is 0 Å². The number of amides is 2. The Balaban J connectivity index is 1.43. The molecule has 0 saturated carbocycles. The van der Waals surface area contributed by atoms with Gasteiger partial charge >= 0.3 is 0 Å². The van der Waals surface area contributed by atoms with Gasteiger partial charge < -0.3 is 10.2 Å². The van der Waals surface area contributed by atoms with E-state index in [0.29, 0.717) is 44.7 Å².